The van der Waals surface area contributed by atoms with Crippen LogP contribution in [0.4, 0.5) is 5.82 Å². The van der Waals surface area contributed by atoms with Gasteiger partial charge in [0.15, 0.2) is 0 Å². The molecule has 1 saturated carbocycles. The molecule has 0 bridgehead atoms. The number of hydrogen-bond donors (Lipinski definition) is 1. The van der Waals surface area contributed by atoms with Crippen LogP contribution >= 0.6 is 0 Å². The fourth-order valence-corrected chi connectivity index (χ4v) is 2.10. The topological polar surface area (TPSA) is 24.9 Å². The van der Waals surface area contributed by atoms with Gasteiger partial charge in [-0.15, -0.1) is 0 Å². The van der Waals surface area contributed by atoms with Gasteiger partial charge in [0.05, 0.1) is 0 Å². The van der Waals surface area contributed by atoms with E-state index >= 15 is 0 Å². The number of hydrogen-bond acceptors (Lipinski definition) is 2. The molecule has 0 atom stereocenters. The molecule has 1 aromatic rings. The lowest BCUT2D eigenvalue weighted by Crippen LogP contribution is -2.11. The summed E-state index contributed by atoms with van der Waals surface area (Å²) in [5, 5.41) is 3.42. The van der Waals surface area contributed by atoms with Gasteiger partial charge >= 0.3 is 0 Å². The first-order valence-corrected chi connectivity index (χ1v) is 5.52. The fraction of sp³-hybridized carbons (Fsp3) is 0.583. The standard InChI is InChI=1S/C12H18N2/c1-10-5-4-8-12(14-10)13-9-11-6-2-3-7-11/h4-5,8,11H,2-3,6-7,9H2,1H3,(H,13,14). The van der Waals surface area contributed by atoms with E-state index in [2.05, 4.69) is 16.4 Å². The van der Waals surface area contributed by atoms with Gasteiger partial charge < -0.3 is 5.32 Å². The van der Waals surface area contributed by atoms with E-state index in [1.165, 1.54) is 25.7 Å². The second kappa shape index (κ2) is 4.45. The molecule has 1 heterocycles. The molecular weight excluding hydrogens is 172 g/mol. The largest absolute Gasteiger partial charge is 0.370 e. The van der Waals surface area contributed by atoms with Crippen LogP contribution in [0.2, 0.25) is 0 Å². The first-order chi connectivity index (χ1) is 6.84. The molecule has 0 unspecified atom stereocenters. The normalized spacial score (nSPS) is 17.2. The highest BCUT2D eigenvalue weighted by molar-refractivity contribution is 5.34. The van der Waals surface area contributed by atoms with Crippen molar-refractivity contribution >= 4 is 5.82 Å². The fourth-order valence-electron chi connectivity index (χ4n) is 2.10. The quantitative estimate of drug-likeness (QED) is 0.792. The van der Waals surface area contributed by atoms with E-state index in [0.29, 0.717) is 0 Å². The SMILES string of the molecule is Cc1cccc(NCC2CCCC2)n1. The third-order valence-electron chi connectivity index (χ3n) is 2.93. The van der Waals surface area contributed by atoms with Crippen LogP contribution in [0.5, 0.6) is 0 Å². The molecule has 1 fully saturated rings. The monoisotopic (exact) mass is 190 g/mol. The average Bonchev–Trinajstić information content (AvgIpc) is 2.67. The van der Waals surface area contributed by atoms with Crippen LogP contribution in [-0.4, -0.2) is 11.5 Å². The Labute approximate surface area is 85.7 Å². The van der Waals surface area contributed by atoms with Crippen LogP contribution in [0, 0.1) is 12.8 Å². The van der Waals surface area contributed by atoms with Crippen molar-refractivity contribution in [1.29, 1.82) is 0 Å². The predicted molar refractivity (Wildman–Crippen MR) is 59.4 cm³/mol. The van der Waals surface area contributed by atoms with Gasteiger partial charge in [0.1, 0.15) is 5.82 Å². The summed E-state index contributed by atoms with van der Waals surface area (Å²) < 4.78 is 0. The molecule has 1 aliphatic rings. The number of nitrogens with one attached hydrogen (secondary N) is 1. The summed E-state index contributed by atoms with van der Waals surface area (Å²) in [5.41, 5.74) is 1.08. The van der Waals surface area contributed by atoms with E-state index in [0.717, 1.165) is 24.0 Å². The molecule has 0 aliphatic heterocycles. The van der Waals surface area contributed by atoms with Gasteiger partial charge in [-0.1, -0.05) is 18.9 Å². The predicted octanol–water partition coefficient (Wildman–Crippen LogP) is 2.99. The average molecular weight is 190 g/mol. The summed E-state index contributed by atoms with van der Waals surface area (Å²) in [6.07, 6.45) is 5.60. The van der Waals surface area contributed by atoms with Gasteiger partial charge in [0.2, 0.25) is 0 Å². The molecule has 0 aromatic carbocycles. The highest BCUT2D eigenvalue weighted by atomic mass is 15.0. The van der Waals surface area contributed by atoms with Crippen LogP contribution < -0.4 is 5.32 Å². The van der Waals surface area contributed by atoms with Crippen molar-refractivity contribution in [2.75, 3.05) is 11.9 Å². The maximum Gasteiger partial charge on any atom is 0.126 e. The molecule has 1 aromatic heterocycles. The van der Waals surface area contributed by atoms with Crippen molar-refractivity contribution in [3.8, 4) is 0 Å². The summed E-state index contributed by atoms with van der Waals surface area (Å²) in [5.74, 6) is 1.90. The lowest BCUT2D eigenvalue weighted by molar-refractivity contribution is 0.579. The number of aryl methyl sites for hydroxylation is 1. The van der Waals surface area contributed by atoms with Gasteiger partial charge in [-0.3, -0.25) is 0 Å². The molecule has 2 rings (SSSR count). The molecule has 0 saturated heterocycles. The third kappa shape index (κ3) is 2.47. The van der Waals surface area contributed by atoms with Crippen LogP contribution in [-0.2, 0) is 0 Å². The van der Waals surface area contributed by atoms with E-state index in [1.807, 2.05) is 19.1 Å². The van der Waals surface area contributed by atoms with Crippen LogP contribution in [0.3, 0.4) is 0 Å². The summed E-state index contributed by atoms with van der Waals surface area (Å²) in [6.45, 7) is 3.12. The second-order valence-electron chi connectivity index (χ2n) is 4.20. The van der Waals surface area contributed by atoms with Gasteiger partial charge in [-0.2, -0.15) is 0 Å². The minimum Gasteiger partial charge on any atom is -0.370 e. The Bertz CT molecular complexity index is 290. The summed E-state index contributed by atoms with van der Waals surface area (Å²) in [6, 6.07) is 6.13. The molecule has 2 nitrogen and oxygen atoms in total. The molecule has 0 amide bonds. The molecule has 0 spiro atoms. The second-order valence-corrected chi connectivity index (χ2v) is 4.20. The maximum absolute atomic E-state index is 4.42. The van der Waals surface area contributed by atoms with Crippen molar-refractivity contribution in [1.82, 2.24) is 4.98 Å². The molecule has 76 valence electrons. The van der Waals surface area contributed by atoms with E-state index < -0.39 is 0 Å². The Morgan fingerprint density at radius 3 is 2.86 bits per heavy atom. The smallest absolute Gasteiger partial charge is 0.126 e. The van der Waals surface area contributed by atoms with Crippen LogP contribution in [0.15, 0.2) is 18.2 Å². The molecule has 1 aliphatic carbocycles. The summed E-state index contributed by atoms with van der Waals surface area (Å²) in [4.78, 5) is 4.42. The lowest BCUT2D eigenvalue weighted by Gasteiger charge is -2.11. The van der Waals surface area contributed by atoms with Crippen LogP contribution in [0.1, 0.15) is 31.4 Å². The number of rotatable bonds is 3. The zero-order valence-electron chi connectivity index (χ0n) is 8.79. The van der Waals surface area contributed by atoms with Crippen molar-refractivity contribution in [3.63, 3.8) is 0 Å². The van der Waals surface area contributed by atoms with E-state index in [4.69, 9.17) is 0 Å². The highest BCUT2D eigenvalue weighted by Crippen LogP contribution is 2.24. The first-order valence-electron chi connectivity index (χ1n) is 5.52. The molecular formula is C12H18N2. The Morgan fingerprint density at radius 2 is 2.14 bits per heavy atom. The highest BCUT2D eigenvalue weighted by Gasteiger charge is 2.14. The summed E-state index contributed by atoms with van der Waals surface area (Å²) in [7, 11) is 0. The zero-order valence-corrected chi connectivity index (χ0v) is 8.79. The zero-order chi connectivity index (χ0) is 9.80. The first kappa shape index (κ1) is 9.50. The van der Waals surface area contributed by atoms with Gasteiger partial charge in [0, 0.05) is 12.2 Å². The van der Waals surface area contributed by atoms with Gasteiger partial charge in [0.25, 0.3) is 0 Å². The van der Waals surface area contributed by atoms with E-state index in [-0.39, 0.29) is 0 Å². The molecule has 14 heavy (non-hydrogen) atoms. The van der Waals surface area contributed by atoms with Crippen molar-refractivity contribution < 1.29 is 0 Å². The van der Waals surface area contributed by atoms with E-state index in [9.17, 15) is 0 Å². The van der Waals surface area contributed by atoms with Gasteiger partial charge in [-0.25, -0.2) is 4.98 Å². The third-order valence-corrected chi connectivity index (χ3v) is 2.93. The number of aromatic nitrogens is 1. The van der Waals surface area contributed by atoms with Crippen molar-refractivity contribution in [2.45, 2.75) is 32.6 Å². The van der Waals surface area contributed by atoms with Crippen molar-refractivity contribution in [2.24, 2.45) is 5.92 Å². The maximum atomic E-state index is 4.42. The van der Waals surface area contributed by atoms with Crippen molar-refractivity contribution in [3.05, 3.63) is 23.9 Å². The van der Waals surface area contributed by atoms with Crippen LogP contribution in [0.25, 0.3) is 0 Å². The molecule has 1 N–H and O–H groups in total. The minimum absolute atomic E-state index is 0.873. The molecule has 0 radical (unpaired) electrons. The Morgan fingerprint density at radius 1 is 1.36 bits per heavy atom. The Kier molecular flexibility index (Phi) is 3.02. The lowest BCUT2D eigenvalue weighted by atomic mass is 10.1. The Hall–Kier alpha value is -1.05. The van der Waals surface area contributed by atoms with Gasteiger partial charge in [-0.05, 0) is 37.8 Å². The summed E-state index contributed by atoms with van der Waals surface area (Å²) >= 11 is 0. The molecule has 2 heteroatoms. The minimum atomic E-state index is 0.873. The number of nitrogens with zero attached hydrogens (tertiary/aromatic N) is 1. The number of anilines is 1. The van der Waals surface area contributed by atoms with E-state index in [1.54, 1.807) is 0 Å². The Balaban J connectivity index is 1.85. The number of pyridine rings is 1.